The summed E-state index contributed by atoms with van der Waals surface area (Å²) in [6.45, 7) is 0. The molecular weight excluding hydrogens is 208 g/mol. The number of anilines is 2. The number of rotatable bonds is 2. The molecule has 6 heteroatoms. The third kappa shape index (κ3) is 1.90. The van der Waals surface area contributed by atoms with Crippen molar-refractivity contribution in [3.63, 3.8) is 0 Å². The van der Waals surface area contributed by atoms with E-state index in [-0.39, 0.29) is 10.3 Å². The minimum atomic E-state index is 0.288. The standard InChI is InChI=1S/C10H10N4O2/c11-13(15)9-3-1-7-5-10(14(12)16)4-2-8(7)6-9/h1-6H,11-12H2/q-2. The van der Waals surface area contributed by atoms with E-state index >= 15 is 0 Å². The number of hydrogen-bond donors (Lipinski definition) is 2. The first-order chi connectivity index (χ1) is 7.58. The van der Waals surface area contributed by atoms with E-state index in [1.54, 1.807) is 36.4 Å². The van der Waals surface area contributed by atoms with Crippen molar-refractivity contribution in [2.45, 2.75) is 0 Å². The third-order valence-corrected chi connectivity index (χ3v) is 2.32. The zero-order valence-corrected chi connectivity index (χ0v) is 8.33. The van der Waals surface area contributed by atoms with Gasteiger partial charge in [-0.25, -0.2) is 0 Å². The van der Waals surface area contributed by atoms with Crippen LogP contribution in [0.3, 0.4) is 0 Å². The topological polar surface area (TPSA) is 105 Å². The number of nitrogens with two attached hydrogens (primary N) is 2. The summed E-state index contributed by atoms with van der Waals surface area (Å²) in [7, 11) is 0. The smallest absolute Gasteiger partial charge is 0.0409 e. The van der Waals surface area contributed by atoms with Gasteiger partial charge in [-0.2, -0.15) is 0 Å². The first-order valence-corrected chi connectivity index (χ1v) is 4.55. The Morgan fingerprint density at radius 1 is 0.750 bits per heavy atom. The largest absolute Gasteiger partial charge is 0.743 e. The first kappa shape index (κ1) is 10.7. The van der Waals surface area contributed by atoms with E-state index in [9.17, 15) is 10.4 Å². The monoisotopic (exact) mass is 218 g/mol. The molecule has 0 spiro atoms. The van der Waals surface area contributed by atoms with Gasteiger partial charge in [0.25, 0.3) is 0 Å². The fourth-order valence-corrected chi connectivity index (χ4v) is 1.49. The number of hydrogen-bond acceptors (Lipinski definition) is 6. The lowest BCUT2D eigenvalue weighted by Crippen LogP contribution is -2.23. The fourth-order valence-electron chi connectivity index (χ4n) is 1.49. The summed E-state index contributed by atoms with van der Waals surface area (Å²) < 4.78 is 0. The maximum absolute atomic E-state index is 10.9. The number of benzene rings is 2. The van der Waals surface area contributed by atoms with E-state index in [4.69, 9.17) is 11.7 Å². The molecule has 2 aromatic carbocycles. The number of hydrazine groups is 2. The van der Waals surface area contributed by atoms with E-state index in [2.05, 4.69) is 0 Å². The molecule has 0 aliphatic rings. The van der Waals surface area contributed by atoms with Gasteiger partial charge in [-0.15, -0.1) is 0 Å². The highest BCUT2D eigenvalue weighted by molar-refractivity contribution is 5.88. The van der Waals surface area contributed by atoms with Crippen molar-refractivity contribution in [1.82, 2.24) is 0 Å². The van der Waals surface area contributed by atoms with E-state index < -0.39 is 0 Å². The lowest BCUT2D eigenvalue weighted by molar-refractivity contribution is 1.09. The summed E-state index contributed by atoms with van der Waals surface area (Å²) >= 11 is 0. The highest BCUT2D eigenvalue weighted by atomic mass is 16.5. The van der Waals surface area contributed by atoms with Crippen LogP contribution < -0.4 is 22.0 Å². The van der Waals surface area contributed by atoms with Crippen molar-refractivity contribution in [2.75, 3.05) is 10.3 Å². The number of nitrogens with zero attached hydrogens (tertiary/aromatic N) is 2. The average molecular weight is 218 g/mol. The molecule has 0 aromatic heterocycles. The van der Waals surface area contributed by atoms with Crippen LogP contribution in [0.2, 0.25) is 0 Å². The van der Waals surface area contributed by atoms with Crippen molar-refractivity contribution >= 4 is 22.1 Å². The summed E-state index contributed by atoms with van der Waals surface area (Å²) in [6.07, 6.45) is 0. The highest BCUT2D eigenvalue weighted by Crippen LogP contribution is 2.24. The highest BCUT2D eigenvalue weighted by Gasteiger charge is 1.98. The Morgan fingerprint density at radius 2 is 1.12 bits per heavy atom. The minimum Gasteiger partial charge on any atom is -0.743 e. The van der Waals surface area contributed by atoms with Gasteiger partial charge in [0, 0.05) is 11.4 Å². The molecule has 84 valence electrons. The van der Waals surface area contributed by atoms with Gasteiger partial charge in [0.15, 0.2) is 0 Å². The van der Waals surface area contributed by atoms with E-state index in [0.717, 1.165) is 10.8 Å². The van der Waals surface area contributed by atoms with Crippen LogP contribution in [0, 0.1) is 10.4 Å². The second kappa shape index (κ2) is 3.95. The van der Waals surface area contributed by atoms with Crippen molar-refractivity contribution < 1.29 is 0 Å². The second-order valence-electron chi connectivity index (χ2n) is 3.37. The molecule has 0 atom stereocenters. The summed E-state index contributed by atoms with van der Waals surface area (Å²) in [5.41, 5.74) is 0.707. The molecule has 0 unspecified atom stereocenters. The lowest BCUT2D eigenvalue weighted by Gasteiger charge is -2.25. The lowest BCUT2D eigenvalue weighted by atomic mass is 10.1. The molecular formula is C10H10N4O2-2. The third-order valence-electron chi connectivity index (χ3n) is 2.32. The maximum Gasteiger partial charge on any atom is 0.0409 e. The van der Waals surface area contributed by atoms with Gasteiger partial charge in [0.05, 0.1) is 0 Å². The van der Waals surface area contributed by atoms with Gasteiger partial charge in [0.1, 0.15) is 0 Å². The van der Waals surface area contributed by atoms with Gasteiger partial charge >= 0.3 is 0 Å². The van der Waals surface area contributed by atoms with Gasteiger partial charge in [0.2, 0.25) is 0 Å². The fraction of sp³-hybridized carbons (Fsp3) is 0. The molecule has 0 radical (unpaired) electrons. The van der Waals surface area contributed by atoms with Crippen LogP contribution in [-0.4, -0.2) is 0 Å². The predicted molar refractivity (Wildman–Crippen MR) is 64.0 cm³/mol. The molecule has 0 aliphatic heterocycles. The number of fused-ring (bicyclic) bond motifs is 1. The van der Waals surface area contributed by atoms with Crippen LogP contribution in [0.25, 0.3) is 10.8 Å². The van der Waals surface area contributed by atoms with Crippen LogP contribution in [0.1, 0.15) is 0 Å². The Hall–Kier alpha value is -1.86. The second-order valence-corrected chi connectivity index (χ2v) is 3.37. The summed E-state index contributed by atoms with van der Waals surface area (Å²) in [5, 5.41) is 24.0. The molecule has 4 N–H and O–H groups in total. The molecule has 0 saturated heterocycles. The average Bonchev–Trinajstić information content (AvgIpc) is 2.27. The summed E-state index contributed by atoms with van der Waals surface area (Å²) in [6, 6.07) is 9.83. The maximum atomic E-state index is 10.9. The van der Waals surface area contributed by atoms with Crippen LogP contribution >= 0.6 is 0 Å². The zero-order chi connectivity index (χ0) is 11.7. The molecule has 0 amide bonds. The SMILES string of the molecule is NN([O-])c1ccc2cc(N(N)[O-])ccc2c1. The van der Waals surface area contributed by atoms with Crippen molar-refractivity contribution in [3.05, 3.63) is 46.8 Å². The van der Waals surface area contributed by atoms with Crippen molar-refractivity contribution in [2.24, 2.45) is 11.7 Å². The predicted octanol–water partition coefficient (Wildman–Crippen LogP) is 1.20. The minimum absolute atomic E-state index is 0.288. The Labute approximate surface area is 91.7 Å². The molecule has 0 saturated carbocycles. The molecule has 0 fully saturated rings. The zero-order valence-electron chi connectivity index (χ0n) is 8.33. The van der Waals surface area contributed by atoms with Crippen molar-refractivity contribution in [3.8, 4) is 0 Å². The molecule has 2 rings (SSSR count). The normalized spacial score (nSPS) is 10.5. The first-order valence-electron chi connectivity index (χ1n) is 4.55. The van der Waals surface area contributed by atoms with E-state index in [1.807, 2.05) is 0 Å². The Kier molecular flexibility index (Phi) is 2.63. The quantitative estimate of drug-likeness (QED) is 0.579. The van der Waals surface area contributed by atoms with Crippen molar-refractivity contribution in [1.29, 1.82) is 0 Å². The Balaban J connectivity index is 2.53. The van der Waals surface area contributed by atoms with Gasteiger partial charge < -0.3 is 20.8 Å². The van der Waals surface area contributed by atoms with Gasteiger partial charge in [-0.3, -0.25) is 11.7 Å². The van der Waals surface area contributed by atoms with Crippen LogP contribution in [0.15, 0.2) is 36.4 Å². The summed E-state index contributed by atoms with van der Waals surface area (Å²) in [5.74, 6) is 10.2. The molecule has 2 aromatic rings. The van der Waals surface area contributed by atoms with Gasteiger partial charge in [-0.05, 0) is 35.0 Å². The van der Waals surface area contributed by atoms with Crippen LogP contribution in [-0.2, 0) is 0 Å². The molecule has 0 heterocycles. The van der Waals surface area contributed by atoms with Crippen LogP contribution in [0.5, 0.6) is 0 Å². The van der Waals surface area contributed by atoms with E-state index in [1.165, 1.54) is 0 Å². The molecule has 0 aliphatic carbocycles. The van der Waals surface area contributed by atoms with Gasteiger partial charge in [-0.1, -0.05) is 12.1 Å². The molecule has 0 bridgehead atoms. The van der Waals surface area contributed by atoms with Crippen LogP contribution in [0.4, 0.5) is 11.4 Å². The molecule has 16 heavy (non-hydrogen) atoms. The summed E-state index contributed by atoms with van der Waals surface area (Å²) in [4.78, 5) is 0. The molecule has 6 nitrogen and oxygen atoms in total. The Morgan fingerprint density at radius 3 is 1.44 bits per heavy atom. The Bertz CT molecular complexity index is 466. The van der Waals surface area contributed by atoms with E-state index in [0.29, 0.717) is 11.4 Å².